The Morgan fingerprint density at radius 1 is 1.59 bits per heavy atom. The molecule has 0 bridgehead atoms. The van der Waals surface area contributed by atoms with Crippen LogP contribution in [0.1, 0.15) is 6.42 Å². The van der Waals surface area contributed by atoms with Crippen LogP contribution >= 0.6 is 0 Å². The molecule has 0 unspecified atom stereocenters. The highest BCUT2D eigenvalue weighted by atomic mass is 32.2. The highest BCUT2D eigenvalue weighted by molar-refractivity contribution is 7.87. The van der Waals surface area contributed by atoms with Gasteiger partial charge in [-0.25, -0.2) is 0 Å². The highest BCUT2D eigenvalue weighted by Crippen LogP contribution is 2.20. The summed E-state index contributed by atoms with van der Waals surface area (Å²) in [7, 11) is -2.47. The lowest BCUT2D eigenvalue weighted by Crippen LogP contribution is -2.47. The van der Waals surface area contributed by atoms with E-state index in [2.05, 4.69) is 9.46 Å². The second kappa shape index (κ2) is 5.74. The van der Waals surface area contributed by atoms with Gasteiger partial charge >= 0.3 is 5.97 Å². The van der Waals surface area contributed by atoms with E-state index in [0.717, 1.165) is 4.31 Å². The number of rotatable bonds is 6. The Kier molecular flexibility index (Phi) is 4.83. The molecule has 1 saturated heterocycles. The number of β-amino-alcohol motifs (C(OH)–C–C–N with tert-alkyl or cyclic N) is 1. The monoisotopic (exact) mass is 268 g/mol. The zero-order valence-corrected chi connectivity index (χ0v) is 10.2. The molecule has 0 radical (unpaired) electrons. The predicted octanol–water partition coefficient (Wildman–Crippen LogP) is -2.01. The molecule has 0 aliphatic carbocycles. The third-order valence-corrected chi connectivity index (χ3v) is 4.01. The third kappa shape index (κ3) is 3.61. The topological polar surface area (TPSA) is 116 Å². The van der Waals surface area contributed by atoms with Gasteiger partial charge in [-0.05, 0) is 0 Å². The Hall–Kier alpha value is -0.740. The van der Waals surface area contributed by atoms with Crippen LogP contribution in [0.4, 0.5) is 0 Å². The first kappa shape index (κ1) is 14.3. The van der Waals surface area contributed by atoms with Crippen molar-refractivity contribution in [3.8, 4) is 0 Å². The van der Waals surface area contributed by atoms with Gasteiger partial charge in [0.1, 0.15) is 6.04 Å². The van der Waals surface area contributed by atoms with Gasteiger partial charge in [0, 0.05) is 26.6 Å². The molecule has 3 N–H and O–H groups in total. The Bertz CT molecular complexity index is 370. The summed E-state index contributed by atoms with van der Waals surface area (Å²) < 4.78 is 31.2. The minimum atomic E-state index is -3.90. The minimum Gasteiger partial charge on any atom is -0.480 e. The largest absolute Gasteiger partial charge is 0.480 e. The summed E-state index contributed by atoms with van der Waals surface area (Å²) in [4.78, 5) is 10.9. The first-order chi connectivity index (χ1) is 7.88. The van der Waals surface area contributed by atoms with Crippen LogP contribution in [-0.2, 0) is 19.7 Å². The first-order valence-corrected chi connectivity index (χ1v) is 6.48. The third-order valence-electron chi connectivity index (χ3n) is 2.42. The lowest BCUT2D eigenvalue weighted by molar-refractivity contribution is -0.140. The molecule has 17 heavy (non-hydrogen) atoms. The van der Waals surface area contributed by atoms with Crippen molar-refractivity contribution in [3.63, 3.8) is 0 Å². The van der Waals surface area contributed by atoms with E-state index in [1.807, 2.05) is 0 Å². The molecular weight excluding hydrogens is 252 g/mol. The van der Waals surface area contributed by atoms with Crippen LogP contribution in [0.25, 0.3) is 0 Å². The van der Waals surface area contributed by atoms with Crippen molar-refractivity contribution in [1.82, 2.24) is 9.03 Å². The van der Waals surface area contributed by atoms with Gasteiger partial charge in [0.05, 0.1) is 12.7 Å². The standard InChI is InChI=1S/C8H16N2O6S/c1-16-3-2-9-17(14,15)10-5-6(11)4-7(10)8(12)13/h6-7,9,11H,2-5H2,1H3,(H,12,13)/t6-,7+/m1/s1. The van der Waals surface area contributed by atoms with Crippen LogP contribution in [0.5, 0.6) is 0 Å². The fourth-order valence-corrected chi connectivity index (χ4v) is 3.02. The first-order valence-electron chi connectivity index (χ1n) is 5.04. The molecule has 1 heterocycles. The normalized spacial score (nSPS) is 26.2. The molecule has 100 valence electrons. The van der Waals surface area contributed by atoms with Crippen molar-refractivity contribution in [2.45, 2.75) is 18.6 Å². The fraction of sp³-hybridized carbons (Fsp3) is 0.875. The summed E-state index contributed by atoms with van der Waals surface area (Å²) in [5.41, 5.74) is 0. The summed E-state index contributed by atoms with van der Waals surface area (Å²) in [5, 5.41) is 18.2. The van der Waals surface area contributed by atoms with Gasteiger partial charge in [-0.1, -0.05) is 0 Å². The molecule has 0 amide bonds. The van der Waals surface area contributed by atoms with Crippen LogP contribution in [-0.4, -0.2) is 67.9 Å². The van der Waals surface area contributed by atoms with Crippen LogP contribution < -0.4 is 4.72 Å². The molecule has 2 atom stereocenters. The highest BCUT2D eigenvalue weighted by Gasteiger charge is 2.42. The van der Waals surface area contributed by atoms with E-state index in [1.165, 1.54) is 7.11 Å². The molecular formula is C8H16N2O6S. The molecule has 9 heteroatoms. The molecule has 0 saturated carbocycles. The maximum absolute atomic E-state index is 11.8. The van der Waals surface area contributed by atoms with Crippen molar-refractivity contribution in [2.75, 3.05) is 26.8 Å². The van der Waals surface area contributed by atoms with E-state index in [1.54, 1.807) is 0 Å². The van der Waals surface area contributed by atoms with Gasteiger partial charge < -0.3 is 14.9 Å². The summed E-state index contributed by atoms with van der Waals surface area (Å²) >= 11 is 0. The van der Waals surface area contributed by atoms with Crippen LogP contribution in [0.15, 0.2) is 0 Å². The second-order valence-electron chi connectivity index (χ2n) is 3.71. The number of ether oxygens (including phenoxy) is 1. The maximum Gasteiger partial charge on any atom is 0.322 e. The molecule has 1 aliphatic rings. The number of methoxy groups -OCH3 is 1. The molecule has 0 spiro atoms. The minimum absolute atomic E-state index is 0.0533. The molecule has 0 aromatic carbocycles. The number of carbonyl (C=O) groups is 1. The lowest BCUT2D eigenvalue weighted by atomic mass is 10.2. The Morgan fingerprint density at radius 3 is 2.76 bits per heavy atom. The van der Waals surface area contributed by atoms with Crippen molar-refractivity contribution in [2.24, 2.45) is 0 Å². The lowest BCUT2D eigenvalue weighted by Gasteiger charge is -2.20. The van der Waals surface area contributed by atoms with Gasteiger partial charge in [0.2, 0.25) is 0 Å². The van der Waals surface area contributed by atoms with Crippen molar-refractivity contribution in [1.29, 1.82) is 0 Å². The molecule has 0 aromatic rings. The number of hydrogen-bond donors (Lipinski definition) is 3. The van der Waals surface area contributed by atoms with E-state index >= 15 is 0 Å². The van der Waals surface area contributed by atoms with E-state index < -0.39 is 28.3 Å². The number of carboxylic acid groups (broad SMARTS) is 1. The van der Waals surface area contributed by atoms with Gasteiger partial charge in [-0.3, -0.25) is 4.79 Å². The molecule has 1 fully saturated rings. The van der Waals surface area contributed by atoms with Gasteiger partial charge in [-0.2, -0.15) is 17.4 Å². The van der Waals surface area contributed by atoms with Gasteiger partial charge in [-0.15, -0.1) is 0 Å². The van der Waals surface area contributed by atoms with Crippen molar-refractivity contribution in [3.05, 3.63) is 0 Å². The summed E-state index contributed by atoms with van der Waals surface area (Å²) in [6.45, 7) is 0.0322. The number of aliphatic hydroxyl groups is 1. The zero-order chi connectivity index (χ0) is 13.1. The van der Waals surface area contributed by atoms with E-state index in [9.17, 15) is 18.3 Å². The van der Waals surface area contributed by atoms with Crippen LogP contribution in [0.3, 0.4) is 0 Å². The SMILES string of the molecule is COCCNS(=O)(=O)N1C[C@H](O)C[C@H]1C(=O)O. The number of hydrogen-bond acceptors (Lipinski definition) is 5. The smallest absolute Gasteiger partial charge is 0.322 e. The predicted molar refractivity (Wildman–Crippen MR) is 57.6 cm³/mol. The number of nitrogens with zero attached hydrogens (tertiary/aromatic N) is 1. The number of carboxylic acids is 1. The zero-order valence-electron chi connectivity index (χ0n) is 9.37. The average molecular weight is 268 g/mol. The Morgan fingerprint density at radius 2 is 2.24 bits per heavy atom. The molecule has 1 rings (SSSR count). The van der Waals surface area contributed by atoms with Gasteiger partial charge in [0.15, 0.2) is 0 Å². The van der Waals surface area contributed by atoms with E-state index in [4.69, 9.17) is 5.11 Å². The summed E-state index contributed by atoms with van der Waals surface area (Å²) in [6, 6.07) is -1.22. The molecule has 8 nitrogen and oxygen atoms in total. The van der Waals surface area contributed by atoms with E-state index in [-0.39, 0.29) is 26.1 Å². The average Bonchev–Trinajstić information content (AvgIpc) is 2.61. The quantitative estimate of drug-likeness (QED) is 0.479. The Labute approximate surface area is 99.4 Å². The second-order valence-corrected chi connectivity index (χ2v) is 5.41. The fourth-order valence-electron chi connectivity index (χ4n) is 1.63. The number of aliphatic hydroxyl groups excluding tert-OH is 1. The molecule has 1 aliphatic heterocycles. The number of nitrogens with one attached hydrogen (secondary N) is 1. The van der Waals surface area contributed by atoms with E-state index in [0.29, 0.717) is 0 Å². The number of aliphatic carboxylic acids is 1. The summed E-state index contributed by atoms with van der Waals surface area (Å²) in [5.74, 6) is -1.27. The maximum atomic E-state index is 11.8. The van der Waals surface area contributed by atoms with Crippen molar-refractivity contribution >= 4 is 16.2 Å². The summed E-state index contributed by atoms with van der Waals surface area (Å²) in [6.07, 6.45) is -1.05. The Balaban J connectivity index is 2.72. The van der Waals surface area contributed by atoms with Crippen molar-refractivity contribution < 1.29 is 28.2 Å². The molecule has 0 aromatic heterocycles. The van der Waals surface area contributed by atoms with Gasteiger partial charge in [0.25, 0.3) is 10.2 Å². The van der Waals surface area contributed by atoms with Crippen LogP contribution in [0.2, 0.25) is 0 Å². The van der Waals surface area contributed by atoms with Crippen LogP contribution in [0, 0.1) is 0 Å².